The average molecular weight is 328 g/mol. The first kappa shape index (κ1) is 16.2. The van der Waals surface area contributed by atoms with Gasteiger partial charge in [0.1, 0.15) is 0 Å². The van der Waals surface area contributed by atoms with Gasteiger partial charge >= 0.3 is 0 Å². The van der Waals surface area contributed by atoms with E-state index in [0.717, 1.165) is 26.2 Å². The number of likely N-dealkylation sites (tertiary alicyclic amines) is 1. The first-order chi connectivity index (χ1) is 10.9. The molecule has 0 unspecified atom stereocenters. The Morgan fingerprint density at radius 3 is 2.57 bits per heavy atom. The van der Waals surface area contributed by atoms with Gasteiger partial charge in [0.05, 0.1) is 11.7 Å². The van der Waals surface area contributed by atoms with Crippen LogP contribution in [0.15, 0.2) is 0 Å². The zero-order chi connectivity index (χ0) is 16.2. The zero-order valence-electron chi connectivity index (χ0n) is 14.4. The average Bonchev–Trinajstić information content (AvgIpc) is 3.10. The lowest BCUT2D eigenvalue weighted by molar-refractivity contribution is -0.0500. The minimum Gasteiger partial charge on any atom is -0.370 e. The van der Waals surface area contributed by atoms with Crippen LogP contribution in [0.4, 0.5) is 8.78 Å². The summed E-state index contributed by atoms with van der Waals surface area (Å²) in [6, 6.07) is 0. The fourth-order valence-electron chi connectivity index (χ4n) is 5.74. The van der Waals surface area contributed by atoms with Gasteiger partial charge < -0.3 is 9.64 Å². The quantitative estimate of drug-likeness (QED) is 0.789. The molecule has 3 nitrogen and oxygen atoms in total. The molecule has 1 aliphatic carbocycles. The number of alkyl halides is 2. The van der Waals surface area contributed by atoms with Crippen LogP contribution in [0.1, 0.15) is 38.5 Å². The third-order valence-electron chi connectivity index (χ3n) is 6.78. The molecule has 2 bridgehead atoms. The molecule has 0 amide bonds. The van der Waals surface area contributed by atoms with Crippen LogP contribution in [-0.4, -0.2) is 67.7 Å². The summed E-state index contributed by atoms with van der Waals surface area (Å²) in [5, 5.41) is 0. The SMILES string of the molecule is CN(C)C[C@H]1[C@H]2CN(CC3CCC(F)(F)CC3)C[C@]23CC[C@H]1O3. The van der Waals surface area contributed by atoms with Crippen molar-refractivity contribution >= 4 is 0 Å². The molecule has 3 saturated heterocycles. The molecule has 4 aliphatic rings. The molecule has 1 spiro atoms. The van der Waals surface area contributed by atoms with Gasteiger partial charge in [-0.3, -0.25) is 4.90 Å². The highest BCUT2D eigenvalue weighted by Crippen LogP contribution is 2.55. The Balaban J connectivity index is 1.37. The summed E-state index contributed by atoms with van der Waals surface area (Å²) in [4.78, 5) is 4.82. The highest BCUT2D eigenvalue weighted by Gasteiger charge is 2.62. The molecule has 4 fully saturated rings. The Morgan fingerprint density at radius 1 is 1.13 bits per heavy atom. The normalized spacial score (nSPS) is 43.4. The minimum absolute atomic E-state index is 0.0852. The van der Waals surface area contributed by atoms with Crippen molar-refractivity contribution in [3.05, 3.63) is 0 Å². The predicted octanol–water partition coefficient (Wildman–Crippen LogP) is 2.85. The largest absolute Gasteiger partial charge is 0.370 e. The number of rotatable bonds is 4. The summed E-state index contributed by atoms with van der Waals surface area (Å²) < 4.78 is 33.1. The number of hydrogen-bond acceptors (Lipinski definition) is 3. The van der Waals surface area contributed by atoms with Crippen LogP contribution in [0.2, 0.25) is 0 Å². The molecule has 0 aromatic rings. The van der Waals surface area contributed by atoms with Crippen molar-refractivity contribution < 1.29 is 13.5 Å². The maximum Gasteiger partial charge on any atom is 0.248 e. The van der Waals surface area contributed by atoms with Crippen LogP contribution >= 0.6 is 0 Å². The maximum atomic E-state index is 13.3. The summed E-state index contributed by atoms with van der Waals surface area (Å²) in [6.45, 7) is 4.25. The van der Waals surface area contributed by atoms with E-state index in [-0.39, 0.29) is 18.4 Å². The molecule has 0 aromatic heterocycles. The summed E-state index contributed by atoms with van der Waals surface area (Å²) >= 11 is 0. The molecule has 0 aromatic carbocycles. The third-order valence-corrected chi connectivity index (χ3v) is 6.78. The van der Waals surface area contributed by atoms with E-state index >= 15 is 0 Å². The van der Waals surface area contributed by atoms with Crippen LogP contribution < -0.4 is 0 Å². The summed E-state index contributed by atoms with van der Waals surface area (Å²) in [5.74, 6) is -0.655. The van der Waals surface area contributed by atoms with Gasteiger partial charge in [-0.05, 0) is 45.7 Å². The lowest BCUT2D eigenvalue weighted by Gasteiger charge is -2.32. The van der Waals surface area contributed by atoms with Gasteiger partial charge in [-0.15, -0.1) is 0 Å². The Morgan fingerprint density at radius 2 is 1.87 bits per heavy atom. The topological polar surface area (TPSA) is 15.7 Å². The van der Waals surface area contributed by atoms with Gasteiger partial charge in [-0.25, -0.2) is 8.78 Å². The number of nitrogens with zero attached hydrogens (tertiary/aromatic N) is 2. The number of halogens is 2. The third kappa shape index (κ3) is 2.93. The van der Waals surface area contributed by atoms with E-state index < -0.39 is 5.92 Å². The molecular weight excluding hydrogens is 298 g/mol. The Kier molecular flexibility index (Phi) is 3.97. The first-order valence-electron chi connectivity index (χ1n) is 9.30. The molecule has 23 heavy (non-hydrogen) atoms. The number of ether oxygens (including phenoxy) is 1. The first-order valence-corrected chi connectivity index (χ1v) is 9.30. The van der Waals surface area contributed by atoms with E-state index in [1.54, 1.807) is 0 Å². The monoisotopic (exact) mass is 328 g/mol. The second kappa shape index (κ2) is 5.63. The fourth-order valence-corrected chi connectivity index (χ4v) is 5.74. The van der Waals surface area contributed by atoms with E-state index in [1.165, 1.54) is 12.8 Å². The van der Waals surface area contributed by atoms with E-state index in [1.807, 2.05) is 0 Å². The highest BCUT2D eigenvalue weighted by atomic mass is 19.3. The van der Waals surface area contributed by atoms with Crippen LogP contribution in [0.3, 0.4) is 0 Å². The van der Waals surface area contributed by atoms with E-state index in [4.69, 9.17) is 4.74 Å². The molecule has 4 rings (SSSR count). The number of hydrogen-bond donors (Lipinski definition) is 0. The molecule has 1 saturated carbocycles. The second-order valence-corrected chi connectivity index (χ2v) is 8.79. The van der Waals surface area contributed by atoms with Gasteiger partial charge in [-0.1, -0.05) is 0 Å². The van der Waals surface area contributed by atoms with Gasteiger partial charge in [0.2, 0.25) is 5.92 Å². The minimum atomic E-state index is -2.41. The Hall–Kier alpha value is -0.260. The van der Waals surface area contributed by atoms with Crippen molar-refractivity contribution in [2.24, 2.45) is 17.8 Å². The van der Waals surface area contributed by atoms with Crippen LogP contribution in [0.5, 0.6) is 0 Å². The van der Waals surface area contributed by atoms with E-state index in [2.05, 4.69) is 23.9 Å². The highest BCUT2D eigenvalue weighted by molar-refractivity contribution is 5.13. The molecule has 5 heteroatoms. The van der Waals surface area contributed by atoms with E-state index in [9.17, 15) is 8.78 Å². The van der Waals surface area contributed by atoms with E-state index in [0.29, 0.717) is 36.7 Å². The standard InChI is InChI=1S/C18H30F2N2O/c1-21(2)10-14-15-11-22(12-17(15)6-5-16(14)23-17)9-13-3-7-18(19,20)8-4-13/h13-16H,3-12H2,1-2H3/t14-,15+,16+,17+/m0/s1. The van der Waals surface area contributed by atoms with Crippen LogP contribution in [0.25, 0.3) is 0 Å². The molecule has 4 atom stereocenters. The van der Waals surface area contributed by atoms with Gasteiger partial charge in [-0.2, -0.15) is 0 Å². The summed E-state index contributed by atoms with van der Waals surface area (Å²) in [5.41, 5.74) is 0.0872. The summed E-state index contributed by atoms with van der Waals surface area (Å²) in [6.07, 6.45) is 4.41. The predicted molar refractivity (Wildman–Crippen MR) is 85.7 cm³/mol. The van der Waals surface area contributed by atoms with Gasteiger partial charge in [0.25, 0.3) is 0 Å². The van der Waals surface area contributed by atoms with Gasteiger partial charge in [0, 0.05) is 50.9 Å². The molecular formula is C18H30F2N2O. The fraction of sp³-hybridized carbons (Fsp3) is 1.00. The smallest absolute Gasteiger partial charge is 0.248 e. The molecule has 132 valence electrons. The summed E-state index contributed by atoms with van der Waals surface area (Å²) in [7, 11) is 4.29. The van der Waals surface area contributed by atoms with Crippen molar-refractivity contribution in [3.63, 3.8) is 0 Å². The van der Waals surface area contributed by atoms with Crippen LogP contribution in [0, 0.1) is 17.8 Å². The lowest BCUT2D eigenvalue weighted by atomic mass is 9.73. The zero-order valence-corrected chi connectivity index (χ0v) is 14.4. The number of fused-ring (bicyclic) bond motifs is 1. The molecule has 3 aliphatic heterocycles. The van der Waals surface area contributed by atoms with Crippen molar-refractivity contribution in [2.75, 3.05) is 40.3 Å². The second-order valence-electron chi connectivity index (χ2n) is 8.79. The van der Waals surface area contributed by atoms with Crippen molar-refractivity contribution in [3.8, 4) is 0 Å². The molecule has 0 N–H and O–H groups in total. The Bertz CT molecular complexity index is 448. The molecule has 3 heterocycles. The molecule has 0 radical (unpaired) electrons. The maximum absolute atomic E-state index is 13.3. The van der Waals surface area contributed by atoms with Crippen LogP contribution in [-0.2, 0) is 4.74 Å². The van der Waals surface area contributed by atoms with Crippen molar-refractivity contribution in [1.82, 2.24) is 9.80 Å². The lowest BCUT2D eigenvalue weighted by Crippen LogP contribution is -2.40. The van der Waals surface area contributed by atoms with Crippen molar-refractivity contribution in [2.45, 2.75) is 56.2 Å². The Labute approximate surface area is 138 Å². The van der Waals surface area contributed by atoms with Gasteiger partial charge in [0.15, 0.2) is 0 Å². The van der Waals surface area contributed by atoms with Crippen molar-refractivity contribution in [1.29, 1.82) is 0 Å².